The van der Waals surface area contributed by atoms with Gasteiger partial charge in [-0.05, 0) is 78.9 Å². The zero-order valence-corrected chi connectivity index (χ0v) is 33.4. The average molecular weight is 778 g/mol. The highest BCUT2D eigenvalue weighted by molar-refractivity contribution is 5.95. The van der Waals surface area contributed by atoms with Crippen LogP contribution in [0.4, 0.5) is 0 Å². The third kappa shape index (κ3) is 6.35. The Bertz CT molecular complexity index is 3020. The normalized spacial score (nSPS) is 12.4. The molecule has 0 fully saturated rings. The van der Waals surface area contributed by atoms with Crippen LogP contribution in [0.25, 0.3) is 78.7 Å². The molecule has 61 heavy (non-hydrogen) atoms. The average Bonchev–Trinajstić information content (AvgIpc) is 3.66. The van der Waals surface area contributed by atoms with E-state index in [1.807, 2.05) is 12.1 Å². The summed E-state index contributed by atoms with van der Waals surface area (Å²) in [5.74, 6) is 1.88. The monoisotopic (exact) mass is 777 g/mol. The zero-order chi connectivity index (χ0) is 40.6. The second kappa shape index (κ2) is 15.3. The van der Waals surface area contributed by atoms with E-state index in [1.54, 1.807) is 0 Å². The number of hydrogen-bond donors (Lipinski definition) is 0. The third-order valence-corrected chi connectivity index (χ3v) is 12.0. The lowest BCUT2D eigenvalue weighted by molar-refractivity contribution is 0.768. The van der Waals surface area contributed by atoms with Crippen LogP contribution in [0.15, 0.2) is 237 Å². The van der Waals surface area contributed by atoms with Crippen molar-refractivity contribution in [1.29, 1.82) is 0 Å². The lowest BCUT2D eigenvalue weighted by Crippen LogP contribution is -2.28. The highest BCUT2D eigenvalue weighted by Crippen LogP contribution is 2.58. The second-order valence-corrected chi connectivity index (χ2v) is 15.5. The summed E-state index contributed by atoms with van der Waals surface area (Å²) in [6, 6.07) is 84.1. The molecule has 0 saturated carbocycles. The van der Waals surface area contributed by atoms with Gasteiger partial charge >= 0.3 is 0 Å². The van der Waals surface area contributed by atoms with Crippen LogP contribution in [-0.2, 0) is 5.41 Å². The summed E-state index contributed by atoms with van der Waals surface area (Å²) in [5, 5.41) is 0. The summed E-state index contributed by atoms with van der Waals surface area (Å²) in [6.07, 6.45) is 0. The van der Waals surface area contributed by atoms with Crippen LogP contribution < -0.4 is 0 Å². The first-order valence-corrected chi connectivity index (χ1v) is 20.8. The molecule has 0 spiro atoms. The molecule has 1 aliphatic carbocycles. The van der Waals surface area contributed by atoms with Crippen LogP contribution in [0, 0.1) is 0 Å². The molecule has 3 nitrogen and oxygen atoms in total. The maximum absolute atomic E-state index is 5.17. The molecule has 0 unspecified atom stereocenters. The molecule has 11 rings (SSSR count). The van der Waals surface area contributed by atoms with Crippen LogP contribution in [0.5, 0.6) is 0 Å². The summed E-state index contributed by atoms with van der Waals surface area (Å²) in [4.78, 5) is 15.5. The van der Waals surface area contributed by atoms with E-state index in [1.165, 1.54) is 38.9 Å². The van der Waals surface area contributed by atoms with Gasteiger partial charge in [-0.3, -0.25) is 0 Å². The van der Waals surface area contributed by atoms with Crippen molar-refractivity contribution in [1.82, 2.24) is 15.0 Å². The Kier molecular flexibility index (Phi) is 9.05. The largest absolute Gasteiger partial charge is 0.208 e. The van der Waals surface area contributed by atoms with Crippen molar-refractivity contribution in [3.63, 3.8) is 0 Å². The predicted molar refractivity (Wildman–Crippen MR) is 250 cm³/mol. The quantitative estimate of drug-likeness (QED) is 0.154. The molecule has 10 aromatic rings. The van der Waals surface area contributed by atoms with E-state index in [0.717, 1.165) is 44.5 Å². The maximum atomic E-state index is 5.17. The van der Waals surface area contributed by atoms with Gasteiger partial charge in [0.05, 0.1) is 5.41 Å². The molecule has 0 atom stereocenters. The minimum Gasteiger partial charge on any atom is -0.208 e. The Morgan fingerprint density at radius 2 is 0.623 bits per heavy atom. The second-order valence-electron chi connectivity index (χ2n) is 15.5. The van der Waals surface area contributed by atoms with Crippen molar-refractivity contribution in [2.24, 2.45) is 0 Å². The molecule has 0 N–H and O–H groups in total. The van der Waals surface area contributed by atoms with E-state index in [2.05, 4.69) is 224 Å². The Balaban J connectivity index is 1.05. The maximum Gasteiger partial charge on any atom is 0.164 e. The van der Waals surface area contributed by atoms with E-state index < -0.39 is 5.41 Å². The molecule has 1 aliphatic rings. The first-order valence-electron chi connectivity index (χ1n) is 20.8. The molecular formula is C58H39N3. The van der Waals surface area contributed by atoms with Gasteiger partial charge in [0.1, 0.15) is 0 Å². The zero-order valence-electron chi connectivity index (χ0n) is 33.4. The van der Waals surface area contributed by atoms with Gasteiger partial charge in [0.25, 0.3) is 0 Å². The molecule has 3 heteroatoms. The van der Waals surface area contributed by atoms with Crippen molar-refractivity contribution >= 4 is 0 Å². The number of fused-ring (bicyclic) bond motifs is 3. The molecule has 1 aromatic heterocycles. The number of benzene rings is 9. The lowest BCUT2D eigenvalue weighted by atomic mass is 9.67. The van der Waals surface area contributed by atoms with Crippen LogP contribution in [-0.4, -0.2) is 15.0 Å². The van der Waals surface area contributed by atoms with Gasteiger partial charge in [-0.2, -0.15) is 0 Å². The molecule has 0 amide bonds. The Morgan fingerprint density at radius 1 is 0.246 bits per heavy atom. The van der Waals surface area contributed by atoms with Gasteiger partial charge in [-0.25, -0.2) is 15.0 Å². The summed E-state index contributed by atoms with van der Waals surface area (Å²) >= 11 is 0. The van der Waals surface area contributed by atoms with Crippen molar-refractivity contribution in [3.05, 3.63) is 259 Å². The van der Waals surface area contributed by atoms with Gasteiger partial charge in [0.15, 0.2) is 17.5 Å². The van der Waals surface area contributed by atoms with E-state index >= 15 is 0 Å². The van der Waals surface area contributed by atoms with Gasteiger partial charge < -0.3 is 0 Å². The Labute approximate surface area is 356 Å². The molecule has 0 bridgehead atoms. The highest BCUT2D eigenvalue weighted by atomic mass is 15.0. The fourth-order valence-electron chi connectivity index (χ4n) is 9.23. The lowest BCUT2D eigenvalue weighted by Gasteiger charge is -2.34. The fourth-order valence-corrected chi connectivity index (χ4v) is 9.23. The standard InChI is InChI=1S/C58H39N3/c1-5-18-40(19-6-1)44-22-15-24-46(38-44)56-59-55(60-57(61-56)47-25-16-23-45(39-47)41-20-7-2-8-21-41)43-36-34-42(35-37-43)50-31-17-33-53-54(50)51-30-13-14-32-52(51)58(53,48-26-9-3-10-27-48)49-28-11-4-12-29-49/h1-39H. The first kappa shape index (κ1) is 36.1. The molecule has 1 heterocycles. The molecule has 0 saturated heterocycles. The number of nitrogens with zero attached hydrogens (tertiary/aromatic N) is 3. The molecule has 9 aromatic carbocycles. The first-order chi connectivity index (χ1) is 30.2. The molecule has 286 valence electrons. The van der Waals surface area contributed by atoms with E-state index in [4.69, 9.17) is 15.0 Å². The third-order valence-electron chi connectivity index (χ3n) is 12.0. The van der Waals surface area contributed by atoms with Crippen LogP contribution in [0.1, 0.15) is 22.3 Å². The van der Waals surface area contributed by atoms with Gasteiger partial charge in [0, 0.05) is 16.7 Å². The summed E-state index contributed by atoms with van der Waals surface area (Å²) in [6.45, 7) is 0. The summed E-state index contributed by atoms with van der Waals surface area (Å²) in [7, 11) is 0. The summed E-state index contributed by atoms with van der Waals surface area (Å²) in [5.41, 5.74) is 16.8. The SMILES string of the molecule is c1ccc(-c2cccc(-c3nc(-c4ccc(-c5cccc6c5-c5ccccc5C6(c5ccccc5)c5ccccc5)cc4)nc(-c4cccc(-c5ccccc5)c4)n3)c2)cc1. The van der Waals surface area contributed by atoms with Crippen molar-refractivity contribution in [2.75, 3.05) is 0 Å². The molecular weight excluding hydrogens is 739 g/mol. The number of rotatable bonds is 8. The van der Waals surface area contributed by atoms with E-state index in [9.17, 15) is 0 Å². The minimum atomic E-state index is -0.461. The summed E-state index contributed by atoms with van der Waals surface area (Å²) < 4.78 is 0. The van der Waals surface area contributed by atoms with Crippen LogP contribution in [0.3, 0.4) is 0 Å². The van der Waals surface area contributed by atoms with E-state index in [-0.39, 0.29) is 0 Å². The Morgan fingerprint density at radius 3 is 1.16 bits per heavy atom. The van der Waals surface area contributed by atoms with Crippen LogP contribution in [0.2, 0.25) is 0 Å². The highest BCUT2D eigenvalue weighted by Gasteiger charge is 2.46. The van der Waals surface area contributed by atoms with Crippen molar-refractivity contribution < 1.29 is 0 Å². The van der Waals surface area contributed by atoms with E-state index in [0.29, 0.717) is 17.5 Å². The van der Waals surface area contributed by atoms with Gasteiger partial charge in [-0.15, -0.1) is 0 Å². The van der Waals surface area contributed by atoms with Gasteiger partial charge in [0.2, 0.25) is 0 Å². The Hall–Kier alpha value is -8.01. The van der Waals surface area contributed by atoms with Gasteiger partial charge in [-0.1, -0.05) is 224 Å². The fraction of sp³-hybridized carbons (Fsp3) is 0.0172. The number of aromatic nitrogens is 3. The molecule has 0 aliphatic heterocycles. The van der Waals surface area contributed by atoms with Crippen LogP contribution >= 0.6 is 0 Å². The van der Waals surface area contributed by atoms with Crippen molar-refractivity contribution in [2.45, 2.75) is 5.41 Å². The predicted octanol–water partition coefficient (Wildman–Crippen LogP) is 14.2. The van der Waals surface area contributed by atoms with Crippen molar-refractivity contribution in [3.8, 4) is 78.7 Å². The smallest absolute Gasteiger partial charge is 0.164 e. The molecule has 0 radical (unpaired) electrons. The number of hydrogen-bond acceptors (Lipinski definition) is 3. The topological polar surface area (TPSA) is 38.7 Å². The minimum absolute atomic E-state index is 0.461.